The van der Waals surface area contributed by atoms with E-state index in [4.69, 9.17) is 0 Å². The minimum atomic E-state index is -1.76. The molecule has 1 heterocycles. The van der Waals surface area contributed by atoms with Gasteiger partial charge in [-0.05, 0) is 5.92 Å². The fourth-order valence-electron chi connectivity index (χ4n) is 2.17. The van der Waals surface area contributed by atoms with Gasteiger partial charge in [-0.2, -0.15) is 0 Å². The van der Waals surface area contributed by atoms with Crippen LogP contribution >= 0.6 is 0 Å². The minimum Gasteiger partial charge on any atom is -0.467 e. The average Bonchev–Trinajstić information content (AvgIpc) is 2.52. The summed E-state index contributed by atoms with van der Waals surface area (Å²) in [5.41, 5.74) is -1.76. The van der Waals surface area contributed by atoms with Crippen molar-refractivity contribution in [3.63, 3.8) is 0 Å². The second kappa shape index (κ2) is 4.62. The van der Waals surface area contributed by atoms with Gasteiger partial charge in [-0.1, -0.05) is 20.8 Å². The molecule has 1 aliphatic rings. The average molecular weight is 245 g/mol. The van der Waals surface area contributed by atoms with Crippen molar-refractivity contribution in [2.45, 2.75) is 38.5 Å². The second-order valence-corrected chi connectivity index (χ2v) is 4.77. The first-order valence-corrected chi connectivity index (χ1v) is 5.55. The van der Waals surface area contributed by atoms with Gasteiger partial charge in [0.15, 0.2) is 5.54 Å². The first kappa shape index (κ1) is 13.9. The van der Waals surface area contributed by atoms with Crippen molar-refractivity contribution in [2.75, 3.05) is 7.11 Å². The van der Waals surface area contributed by atoms with Gasteiger partial charge in [-0.25, -0.2) is 4.79 Å². The fraction of sp³-hybridized carbons (Fsp3) is 0.818. The van der Waals surface area contributed by atoms with E-state index in [0.29, 0.717) is 0 Å². The molecule has 0 spiro atoms. The Morgan fingerprint density at radius 3 is 2.35 bits per heavy atom. The fourth-order valence-corrected chi connectivity index (χ4v) is 2.17. The number of ether oxygens (including phenoxy) is 1. The first-order chi connectivity index (χ1) is 7.78. The molecule has 0 aromatic heterocycles. The molecule has 3 N–H and O–H groups in total. The number of rotatable bonds is 3. The molecule has 0 saturated carbocycles. The number of nitrogens with one attached hydrogen (secondary N) is 1. The van der Waals surface area contributed by atoms with E-state index in [1.165, 1.54) is 6.92 Å². The van der Waals surface area contributed by atoms with Gasteiger partial charge in [0.1, 0.15) is 6.10 Å². The molecule has 0 radical (unpaired) electrons. The summed E-state index contributed by atoms with van der Waals surface area (Å²) in [7, 11) is 1.15. The van der Waals surface area contributed by atoms with Gasteiger partial charge in [0.05, 0.1) is 19.1 Å². The number of aliphatic hydroxyl groups is 2. The zero-order valence-corrected chi connectivity index (χ0v) is 10.4. The summed E-state index contributed by atoms with van der Waals surface area (Å²) in [4.78, 5) is 23.4. The molecule has 6 heteroatoms. The maximum atomic E-state index is 11.8. The lowest BCUT2D eigenvalue weighted by Gasteiger charge is -2.36. The third kappa shape index (κ3) is 1.91. The van der Waals surface area contributed by atoms with Crippen molar-refractivity contribution in [2.24, 2.45) is 11.8 Å². The number of hydrogen-bond donors (Lipinski definition) is 3. The van der Waals surface area contributed by atoms with Crippen molar-refractivity contribution in [3.8, 4) is 0 Å². The summed E-state index contributed by atoms with van der Waals surface area (Å²) in [6.45, 7) is 4.88. The molecule has 4 atom stereocenters. The van der Waals surface area contributed by atoms with Crippen molar-refractivity contribution < 1.29 is 24.5 Å². The zero-order chi connectivity index (χ0) is 13.4. The normalized spacial score (nSPS) is 34.6. The number of hydrogen-bond acceptors (Lipinski definition) is 5. The van der Waals surface area contributed by atoms with Crippen molar-refractivity contribution in [1.82, 2.24) is 5.32 Å². The van der Waals surface area contributed by atoms with Gasteiger partial charge in [-0.3, -0.25) is 4.79 Å². The van der Waals surface area contributed by atoms with E-state index in [2.05, 4.69) is 10.1 Å². The Kier molecular flexibility index (Phi) is 3.78. The molecule has 0 aromatic carbocycles. The molecule has 1 unspecified atom stereocenters. The van der Waals surface area contributed by atoms with E-state index < -0.39 is 35.5 Å². The van der Waals surface area contributed by atoms with Gasteiger partial charge in [0.25, 0.3) is 0 Å². The number of carbonyl (C=O) groups is 2. The highest BCUT2D eigenvalue weighted by atomic mass is 16.5. The summed E-state index contributed by atoms with van der Waals surface area (Å²) < 4.78 is 4.60. The molecule has 1 saturated heterocycles. The van der Waals surface area contributed by atoms with Gasteiger partial charge < -0.3 is 20.3 Å². The number of carbonyl (C=O) groups excluding carboxylic acids is 2. The molecule has 0 aliphatic carbocycles. The summed E-state index contributed by atoms with van der Waals surface area (Å²) in [6, 6.07) is 0. The van der Waals surface area contributed by atoms with Crippen molar-refractivity contribution in [1.29, 1.82) is 0 Å². The maximum absolute atomic E-state index is 11.8. The van der Waals surface area contributed by atoms with Crippen LogP contribution in [0.5, 0.6) is 0 Å². The van der Waals surface area contributed by atoms with Crippen LogP contribution in [0.1, 0.15) is 20.8 Å². The van der Waals surface area contributed by atoms with Crippen molar-refractivity contribution >= 4 is 11.9 Å². The lowest BCUT2D eigenvalue weighted by Crippen LogP contribution is -2.65. The lowest BCUT2D eigenvalue weighted by atomic mass is 9.80. The Hall–Kier alpha value is -1.14. The summed E-state index contributed by atoms with van der Waals surface area (Å²) in [5, 5.41) is 22.5. The topological polar surface area (TPSA) is 95.9 Å². The van der Waals surface area contributed by atoms with Crippen LogP contribution in [0, 0.1) is 11.8 Å². The third-order valence-corrected chi connectivity index (χ3v) is 3.30. The van der Waals surface area contributed by atoms with E-state index in [1.54, 1.807) is 13.8 Å². The Labute approximate surface area is 100.0 Å². The van der Waals surface area contributed by atoms with Gasteiger partial charge in [0.2, 0.25) is 5.91 Å². The van der Waals surface area contributed by atoms with E-state index in [-0.39, 0.29) is 5.92 Å². The largest absolute Gasteiger partial charge is 0.467 e. The molecule has 17 heavy (non-hydrogen) atoms. The number of methoxy groups -OCH3 is 1. The second-order valence-electron chi connectivity index (χ2n) is 4.77. The molecule has 1 fully saturated rings. The molecule has 1 aliphatic heterocycles. The summed E-state index contributed by atoms with van der Waals surface area (Å²) >= 11 is 0. The van der Waals surface area contributed by atoms with Gasteiger partial charge >= 0.3 is 5.97 Å². The minimum absolute atomic E-state index is 0.311. The molecule has 6 nitrogen and oxygen atoms in total. The molecule has 1 rings (SSSR count). The van der Waals surface area contributed by atoms with Crippen LogP contribution in [0.15, 0.2) is 0 Å². The SMILES string of the molecule is COC(=O)[C@]1(C(O)C(C)C)NC(=O)[C@H](C)[C@@H]1O. The van der Waals surface area contributed by atoms with E-state index >= 15 is 0 Å². The van der Waals surface area contributed by atoms with Crippen LogP contribution in [0.4, 0.5) is 0 Å². The third-order valence-electron chi connectivity index (χ3n) is 3.30. The quantitative estimate of drug-likeness (QED) is 0.557. The van der Waals surface area contributed by atoms with Crippen LogP contribution in [0.3, 0.4) is 0 Å². The molecule has 1 amide bonds. The standard InChI is InChI=1S/C11H19NO5/c1-5(2)7(13)11(10(16)17-4)8(14)6(3)9(15)12-11/h5-8,13-14H,1-4H3,(H,12,15)/t6-,7?,8+,11-/m1/s1. The monoisotopic (exact) mass is 245 g/mol. The molecule has 0 aromatic rings. The highest BCUT2D eigenvalue weighted by molar-refractivity contribution is 5.95. The van der Waals surface area contributed by atoms with Crippen LogP contribution in [0.25, 0.3) is 0 Å². The van der Waals surface area contributed by atoms with Crippen LogP contribution < -0.4 is 5.32 Å². The summed E-state index contributed by atoms with van der Waals surface area (Å²) in [6.07, 6.45) is -2.52. The Balaban J connectivity index is 3.21. The smallest absolute Gasteiger partial charge is 0.337 e. The summed E-state index contributed by atoms with van der Waals surface area (Å²) in [5.74, 6) is -2.37. The van der Waals surface area contributed by atoms with Crippen molar-refractivity contribution in [3.05, 3.63) is 0 Å². The Morgan fingerprint density at radius 2 is 2.06 bits per heavy atom. The van der Waals surface area contributed by atoms with Crippen LogP contribution in [-0.2, 0) is 14.3 Å². The Bertz CT molecular complexity index is 330. The van der Waals surface area contributed by atoms with E-state index in [0.717, 1.165) is 7.11 Å². The molecule has 0 bridgehead atoms. The highest BCUT2D eigenvalue weighted by Crippen LogP contribution is 2.33. The number of aliphatic hydroxyl groups excluding tert-OH is 2. The Morgan fingerprint density at radius 1 is 1.53 bits per heavy atom. The predicted molar refractivity (Wildman–Crippen MR) is 58.9 cm³/mol. The maximum Gasteiger partial charge on any atom is 0.337 e. The zero-order valence-electron chi connectivity index (χ0n) is 10.4. The van der Waals surface area contributed by atoms with Crippen LogP contribution in [-0.4, -0.2) is 46.9 Å². The van der Waals surface area contributed by atoms with Gasteiger partial charge in [-0.15, -0.1) is 0 Å². The van der Waals surface area contributed by atoms with E-state index in [1.807, 2.05) is 0 Å². The number of esters is 1. The molecule has 98 valence electrons. The molecular weight excluding hydrogens is 226 g/mol. The van der Waals surface area contributed by atoms with E-state index in [9.17, 15) is 19.8 Å². The predicted octanol–water partition coefficient (Wildman–Crippen LogP) is -0.958. The first-order valence-electron chi connectivity index (χ1n) is 5.55. The van der Waals surface area contributed by atoms with Gasteiger partial charge in [0, 0.05) is 0 Å². The molecular formula is C11H19NO5. The lowest BCUT2D eigenvalue weighted by molar-refractivity contribution is -0.162. The number of amides is 1. The highest BCUT2D eigenvalue weighted by Gasteiger charge is 2.61. The van der Waals surface area contributed by atoms with Crippen LogP contribution in [0.2, 0.25) is 0 Å².